The highest BCUT2D eigenvalue weighted by atomic mass is 16.3. The summed E-state index contributed by atoms with van der Waals surface area (Å²) in [5.41, 5.74) is 9.70. The van der Waals surface area contributed by atoms with Gasteiger partial charge in [0.2, 0.25) is 0 Å². The molecule has 1 aliphatic rings. The number of aliphatic imine (C=N–C) groups is 1. The van der Waals surface area contributed by atoms with Crippen LogP contribution in [0.25, 0.3) is 65.7 Å². The molecule has 1 aromatic heterocycles. The first kappa shape index (κ1) is 29.4. The first-order valence-electron chi connectivity index (χ1n) is 17.4. The highest BCUT2D eigenvalue weighted by molar-refractivity contribution is 6.19. The summed E-state index contributed by atoms with van der Waals surface area (Å²) in [5, 5.41) is 14.6. The van der Waals surface area contributed by atoms with Crippen molar-refractivity contribution in [2.24, 2.45) is 4.99 Å². The summed E-state index contributed by atoms with van der Waals surface area (Å²) in [5.74, 6) is 0.872. The number of para-hydroxylation sites is 1. The van der Waals surface area contributed by atoms with Gasteiger partial charge >= 0.3 is 0 Å². The Hall–Kier alpha value is -6.49. The molecule has 0 bridgehead atoms. The maximum absolute atomic E-state index is 6.72. The van der Waals surface area contributed by atoms with E-state index in [-0.39, 0.29) is 12.3 Å². The molecule has 10 rings (SSSR count). The molecule has 0 spiro atoms. The van der Waals surface area contributed by atoms with E-state index in [1.165, 1.54) is 32.7 Å². The molecule has 1 aliphatic heterocycles. The standard InChI is InChI=1S/C47H33N3O/c1-3-14-31(15-4-1)45-48-46(32-16-5-2-6-17-32)50-47(49-45)40-28-26-38(36-19-9-10-20-37(36)40)39-27-25-35(34-24-23-30-13-7-8-18-33(30)29-34)44-43(39)41-21-11-12-22-42(41)51-44/h1-29,45,47,49H,(H,48,50). The summed E-state index contributed by atoms with van der Waals surface area (Å²) in [6, 6.07) is 62.2. The molecule has 0 saturated carbocycles. The van der Waals surface area contributed by atoms with Gasteiger partial charge in [0.1, 0.15) is 29.3 Å². The number of hydrogen-bond donors (Lipinski definition) is 2. The number of hydrogen-bond acceptors (Lipinski definition) is 4. The Labute approximate surface area is 295 Å². The second kappa shape index (κ2) is 12.1. The molecule has 2 atom stereocenters. The van der Waals surface area contributed by atoms with Crippen LogP contribution in [0, 0.1) is 0 Å². The van der Waals surface area contributed by atoms with E-state index >= 15 is 0 Å². The lowest BCUT2D eigenvalue weighted by atomic mass is 9.89. The Morgan fingerprint density at radius 1 is 0.490 bits per heavy atom. The zero-order valence-corrected chi connectivity index (χ0v) is 27.8. The highest BCUT2D eigenvalue weighted by Crippen LogP contribution is 2.44. The average Bonchev–Trinajstić information content (AvgIpc) is 3.60. The summed E-state index contributed by atoms with van der Waals surface area (Å²) in [7, 11) is 0. The minimum absolute atomic E-state index is 0.174. The first-order chi connectivity index (χ1) is 25.3. The van der Waals surface area contributed by atoms with Crippen LogP contribution in [0.3, 0.4) is 0 Å². The molecule has 51 heavy (non-hydrogen) atoms. The van der Waals surface area contributed by atoms with Crippen LogP contribution < -0.4 is 10.6 Å². The Morgan fingerprint density at radius 2 is 1.16 bits per heavy atom. The fraction of sp³-hybridized carbons (Fsp3) is 0.0426. The van der Waals surface area contributed by atoms with Gasteiger partial charge in [0.15, 0.2) is 0 Å². The lowest BCUT2D eigenvalue weighted by molar-refractivity contribution is 0.411. The summed E-state index contributed by atoms with van der Waals surface area (Å²) in [6.07, 6.45) is -0.377. The number of nitrogens with one attached hydrogen (secondary N) is 2. The second-order valence-electron chi connectivity index (χ2n) is 13.2. The molecule has 0 amide bonds. The number of rotatable bonds is 5. The van der Waals surface area contributed by atoms with Gasteiger partial charge in [0.05, 0.1) is 0 Å². The first-order valence-corrected chi connectivity index (χ1v) is 17.4. The molecule has 4 heteroatoms. The number of nitrogens with zero attached hydrogens (tertiary/aromatic N) is 1. The molecule has 4 nitrogen and oxygen atoms in total. The molecule has 0 radical (unpaired) electrons. The van der Waals surface area contributed by atoms with Gasteiger partial charge < -0.3 is 9.73 Å². The third kappa shape index (κ3) is 5.08. The van der Waals surface area contributed by atoms with Crippen molar-refractivity contribution >= 4 is 49.3 Å². The summed E-state index contributed by atoms with van der Waals surface area (Å²) < 4.78 is 6.72. The van der Waals surface area contributed by atoms with Gasteiger partial charge in [-0.15, -0.1) is 0 Å². The van der Waals surface area contributed by atoms with Crippen LogP contribution in [0.1, 0.15) is 29.0 Å². The Bertz CT molecular complexity index is 2770. The second-order valence-corrected chi connectivity index (χ2v) is 13.2. The largest absolute Gasteiger partial charge is 0.455 e. The third-order valence-electron chi connectivity index (χ3n) is 10.2. The van der Waals surface area contributed by atoms with Crippen molar-refractivity contribution in [3.8, 4) is 22.3 Å². The van der Waals surface area contributed by atoms with Gasteiger partial charge in [-0.1, -0.05) is 158 Å². The van der Waals surface area contributed by atoms with E-state index in [0.29, 0.717) is 0 Å². The maximum atomic E-state index is 6.72. The quantitative estimate of drug-likeness (QED) is 0.194. The topological polar surface area (TPSA) is 49.6 Å². The van der Waals surface area contributed by atoms with E-state index in [2.05, 4.69) is 168 Å². The monoisotopic (exact) mass is 655 g/mol. The van der Waals surface area contributed by atoms with Crippen molar-refractivity contribution in [3.63, 3.8) is 0 Å². The smallest absolute Gasteiger partial charge is 0.143 e. The van der Waals surface area contributed by atoms with E-state index in [1.807, 2.05) is 18.2 Å². The molecule has 8 aromatic carbocycles. The number of fused-ring (bicyclic) bond motifs is 5. The molecule has 0 aliphatic carbocycles. The third-order valence-corrected chi connectivity index (χ3v) is 10.2. The predicted octanol–water partition coefficient (Wildman–Crippen LogP) is 11.6. The molecule has 242 valence electrons. The van der Waals surface area contributed by atoms with E-state index in [0.717, 1.165) is 55.6 Å². The van der Waals surface area contributed by atoms with Crippen molar-refractivity contribution < 1.29 is 4.42 Å². The van der Waals surface area contributed by atoms with Crippen molar-refractivity contribution in [1.82, 2.24) is 10.6 Å². The van der Waals surface area contributed by atoms with Crippen LogP contribution in [-0.4, -0.2) is 5.84 Å². The van der Waals surface area contributed by atoms with E-state index in [9.17, 15) is 0 Å². The van der Waals surface area contributed by atoms with Crippen molar-refractivity contribution in [1.29, 1.82) is 0 Å². The maximum Gasteiger partial charge on any atom is 0.143 e. The molecular formula is C47H33N3O. The van der Waals surface area contributed by atoms with Crippen molar-refractivity contribution in [2.45, 2.75) is 12.3 Å². The molecule has 0 fully saturated rings. The zero-order chi connectivity index (χ0) is 33.7. The van der Waals surface area contributed by atoms with Crippen LogP contribution in [0.2, 0.25) is 0 Å². The summed E-state index contributed by atoms with van der Waals surface area (Å²) >= 11 is 0. The van der Waals surface area contributed by atoms with Crippen LogP contribution in [0.4, 0.5) is 0 Å². The lowest BCUT2D eigenvalue weighted by Gasteiger charge is -2.33. The normalized spacial score (nSPS) is 16.0. The van der Waals surface area contributed by atoms with Gasteiger partial charge in [0.25, 0.3) is 0 Å². The van der Waals surface area contributed by atoms with Crippen LogP contribution in [0.5, 0.6) is 0 Å². The molecule has 2 heterocycles. The zero-order valence-electron chi connectivity index (χ0n) is 27.8. The lowest BCUT2D eigenvalue weighted by Crippen LogP contribution is -2.45. The van der Waals surface area contributed by atoms with Crippen molar-refractivity contribution in [2.75, 3.05) is 0 Å². The van der Waals surface area contributed by atoms with E-state index < -0.39 is 0 Å². The van der Waals surface area contributed by atoms with Gasteiger partial charge in [-0.05, 0) is 67.6 Å². The SMILES string of the molecule is c1ccc(C2=NC(c3ccccc3)NC(c3ccc(-c4ccc(-c5ccc6ccccc6c5)c5oc6ccccc6c45)c4ccccc34)N2)cc1. The van der Waals surface area contributed by atoms with Gasteiger partial charge in [-0.2, -0.15) is 0 Å². The number of furan rings is 1. The molecule has 0 saturated heterocycles. The Morgan fingerprint density at radius 3 is 2.00 bits per heavy atom. The number of amidine groups is 1. The average molecular weight is 656 g/mol. The Balaban J connectivity index is 1.14. The summed E-state index contributed by atoms with van der Waals surface area (Å²) in [6.45, 7) is 0. The van der Waals surface area contributed by atoms with Crippen LogP contribution in [-0.2, 0) is 0 Å². The van der Waals surface area contributed by atoms with E-state index in [4.69, 9.17) is 9.41 Å². The van der Waals surface area contributed by atoms with Crippen LogP contribution >= 0.6 is 0 Å². The fourth-order valence-corrected chi connectivity index (χ4v) is 7.71. The minimum atomic E-state index is -0.203. The molecule has 2 unspecified atom stereocenters. The predicted molar refractivity (Wildman–Crippen MR) is 211 cm³/mol. The summed E-state index contributed by atoms with van der Waals surface area (Å²) in [4.78, 5) is 5.13. The van der Waals surface area contributed by atoms with Gasteiger partial charge in [-0.25, -0.2) is 4.99 Å². The minimum Gasteiger partial charge on any atom is -0.455 e. The molecule has 9 aromatic rings. The highest BCUT2D eigenvalue weighted by Gasteiger charge is 2.27. The fourth-order valence-electron chi connectivity index (χ4n) is 7.71. The van der Waals surface area contributed by atoms with E-state index in [1.54, 1.807) is 0 Å². The van der Waals surface area contributed by atoms with Gasteiger partial charge in [0, 0.05) is 21.9 Å². The van der Waals surface area contributed by atoms with Crippen LogP contribution in [0.15, 0.2) is 185 Å². The Kier molecular flexibility index (Phi) is 7.00. The van der Waals surface area contributed by atoms with Gasteiger partial charge in [-0.3, -0.25) is 5.32 Å². The number of benzene rings is 8. The molecular weight excluding hydrogens is 623 g/mol. The molecule has 2 N–H and O–H groups in total. The van der Waals surface area contributed by atoms with Crippen molar-refractivity contribution in [3.05, 3.63) is 193 Å².